The molecule has 0 saturated heterocycles. The van der Waals surface area contributed by atoms with E-state index in [9.17, 15) is 4.79 Å². The van der Waals surface area contributed by atoms with Crippen LogP contribution in [0.15, 0.2) is 54.0 Å². The van der Waals surface area contributed by atoms with Crippen LogP contribution in [-0.4, -0.2) is 34.2 Å². The molecule has 2 heterocycles. The van der Waals surface area contributed by atoms with Gasteiger partial charge in [0.05, 0.1) is 19.3 Å². The van der Waals surface area contributed by atoms with Crippen LogP contribution in [0.25, 0.3) is 0 Å². The molecule has 0 spiro atoms. The quantitative estimate of drug-likeness (QED) is 0.708. The predicted octanol–water partition coefficient (Wildman–Crippen LogP) is 3.37. The fourth-order valence-electron chi connectivity index (χ4n) is 2.68. The molecule has 25 heavy (non-hydrogen) atoms. The predicted molar refractivity (Wildman–Crippen MR) is 102 cm³/mol. The molecule has 0 aliphatic carbocycles. The monoisotopic (exact) mass is 354 g/mol. The molecular weight excluding hydrogens is 332 g/mol. The van der Waals surface area contributed by atoms with Gasteiger partial charge in [-0.2, -0.15) is 5.10 Å². The average molecular weight is 354 g/mol. The first-order valence-corrected chi connectivity index (χ1v) is 9.07. The Kier molecular flexibility index (Phi) is 5.63. The van der Waals surface area contributed by atoms with E-state index in [2.05, 4.69) is 35.5 Å². The molecule has 3 rings (SSSR count). The third-order valence-electron chi connectivity index (χ3n) is 3.98. The Morgan fingerprint density at radius 3 is 2.84 bits per heavy atom. The van der Waals surface area contributed by atoms with E-state index in [4.69, 9.17) is 0 Å². The fraction of sp³-hybridized carbons (Fsp3) is 0.263. The Labute approximate surface area is 151 Å². The standard InChI is InChI=1S/C19H22N4OS/c1-15-6-3-4-7-16(15)12-22(2)14-19(24)21-18-9-10-20-23(18)13-17-8-5-11-25-17/h3-11H,12-14H2,1-2H3,(H,21,24). The molecule has 0 aliphatic rings. The maximum absolute atomic E-state index is 12.4. The van der Waals surface area contributed by atoms with Crippen LogP contribution < -0.4 is 5.32 Å². The summed E-state index contributed by atoms with van der Waals surface area (Å²) in [6.07, 6.45) is 1.71. The van der Waals surface area contributed by atoms with Gasteiger partial charge >= 0.3 is 0 Å². The van der Waals surface area contributed by atoms with Gasteiger partial charge in [0, 0.05) is 17.5 Å². The minimum absolute atomic E-state index is 0.0380. The fourth-order valence-corrected chi connectivity index (χ4v) is 3.36. The van der Waals surface area contributed by atoms with E-state index in [1.165, 1.54) is 16.0 Å². The van der Waals surface area contributed by atoms with Crippen LogP contribution in [0.5, 0.6) is 0 Å². The molecule has 3 aromatic rings. The maximum atomic E-state index is 12.4. The minimum Gasteiger partial charge on any atom is -0.310 e. The van der Waals surface area contributed by atoms with Crippen LogP contribution in [0.2, 0.25) is 0 Å². The first kappa shape index (κ1) is 17.4. The summed E-state index contributed by atoms with van der Waals surface area (Å²) in [5, 5.41) is 9.30. The van der Waals surface area contributed by atoms with E-state index in [1.54, 1.807) is 17.5 Å². The molecular formula is C19H22N4OS. The molecule has 2 aromatic heterocycles. The van der Waals surface area contributed by atoms with Crippen molar-refractivity contribution in [2.45, 2.75) is 20.0 Å². The smallest absolute Gasteiger partial charge is 0.239 e. The lowest BCUT2D eigenvalue weighted by Crippen LogP contribution is -2.30. The Morgan fingerprint density at radius 2 is 2.08 bits per heavy atom. The molecule has 0 aliphatic heterocycles. The van der Waals surface area contributed by atoms with Gasteiger partial charge in [-0.15, -0.1) is 11.3 Å². The normalized spacial score (nSPS) is 11.0. The zero-order valence-corrected chi connectivity index (χ0v) is 15.3. The number of benzene rings is 1. The van der Waals surface area contributed by atoms with Gasteiger partial charge in [0.2, 0.25) is 5.91 Å². The highest BCUT2D eigenvalue weighted by atomic mass is 32.1. The summed E-state index contributed by atoms with van der Waals surface area (Å²) >= 11 is 1.68. The van der Waals surface area contributed by atoms with Crippen molar-refractivity contribution in [2.24, 2.45) is 0 Å². The van der Waals surface area contributed by atoms with Gasteiger partial charge in [0.1, 0.15) is 5.82 Å². The number of nitrogens with zero attached hydrogens (tertiary/aromatic N) is 3. The molecule has 1 aromatic carbocycles. The molecule has 0 bridgehead atoms. The van der Waals surface area contributed by atoms with E-state index >= 15 is 0 Å². The number of amides is 1. The molecule has 1 amide bonds. The summed E-state index contributed by atoms with van der Waals surface area (Å²) in [7, 11) is 1.95. The van der Waals surface area contributed by atoms with Gasteiger partial charge in [-0.1, -0.05) is 30.3 Å². The molecule has 0 radical (unpaired) electrons. The van der Waals surface area contributed by atoms with E-state index in [1.807, 2.05) is 46.3 Å². The minimum atomic E-state index is -0.0380. The molecule has 130 valence electrons. The summed E-state index contributed by atoms with van der Waals surface area (Å²) < 4.78 is 1.81. The molecule has 0 atom stereocenters. The zero-order chi connectivity index (χ0) is 17.6. The van der Waals surface area contributed by atoms with Gasteiger partial charge in [-0.25, -0.2) is 4.68 Å². The Balaban J connectivity index is 1.56. The number of carbonyl (C=O) groups is 1. The lowest BCUT2D eigenvalue weighted by molar-refractivity contribution is -0.117. The second-order valence-corrected chi connectivity index (χ2v) is 7.13. The highest BCUT2D eigenvalue weighted by molar-refractivity contribution is 7.09. The van der Waals surface area contributed by atoms with Crippen LogP contribution >= 0.6 is 11.3 Å². The number of anilines is 1. The number of nitrogens with one attached hydrogen (secondary N) is 1. The van der Waals surface area contributed by atoms with Crippen molar-refractivity contribution in [1.82, 2.24) is 14.7 Å². The second kappa shape index (κ2) is 8.09. The lowest BCUT2D eigenvalue weighted by Gasteiger charge is -2.18. The highest BCUT2D eigenvalue weighted by Gasteiger charge is 2.11. The van der Waals surface area contributed by atoms with Gasteiger partial charge in [-0.3, -0.25) is 9.69 Å². The zero-order valence-electron chi connectivity index (χ0n) is 14.5. The highest BCUT2D eigenvalue weighted by Crippen LogP contribution is 2.14. The van der Waals surface area contributed by atoms with Gasteiger partial charge in [-0.05, 0) is 36.5 Å². The number of likely N-dealkylation sites (N-methyl/N-ethyl adjacent to an activating group) is 1. The molecule has 0 saturated carbocycles. The van der Waals surface area contributed by atoms with Crippen molar-refractivity contribution in [3.63, 3.8) is 0 Å². The largest absolute Gasteiger partial charge is 0.310 e. The Bertz CT molecular complexity index is 826. The number of carbonyl (C=O) groups excluding carboxylic acids is 1. The number of rotatable bonds is 7. The van der Waals surface area contributed by atoms with E-state index in [-0.39, 0.29) is 5.91 Å². The SMILES string of the molecule is Cc1ccccc1CN(C)CC(=O)Nc1ccnn1Cc1cccs1. The average Bonchev–Trinajstić information content (AvgIpc) is 3.22. The third kappa shape index (κ3) is 4.78. The van der Waals surface area contributed by atoms with Gasteiger partial charge in [0.15, 0.2) is 0 Å². The number of aryl methyl sites for hydroxylation is 1. The Hall–Kier alpha value is -2.44. The van der Waals surface area contributed by atoms with Crippen molar-refractivity contribution in [3.05, 3.63) is 70.0 Å². The molecule has 6 heteroatoms. The van der Waals surface area contributed by atoms with Crippen molar-refractivity contribution in [1.29, 1.82) is 0 Å². The van der Waals surface area contributed by atoms with Crippen LogP contribution in [0, 0.1) is 6.92 Å². The topological polar surface area (TPSA) is 50.2 Å². The molecule has 1 N–H and O–H groups in total. The summed E-state index contributed by atoms with van der Waals surface area (Å²) in [5.41, 5.74) is 2.48. The van der Waals surface area contributed by atoms with Crippen LogP contribution in [0.4, 0.5) is 5.82 Å². The molecule has 0 unspecified atom stereocenters. The Morgan fingerprint density at radius 1 is 1.24 bits per heavy atom. The third-order valence-corrected chi connectivity index (χ3v) is 4.85. The first-order valence-electron chi connectivity index (χ1n) is 8.19. The van der Waals surface area contributed by atoms with Crippen LogP contribution in [0.1, 0.15) is 16.0 Å². The van der Waals surface area contributed by atoms with E-state index < -0.39 is 0 Å². The van der Waals surface area contributed by atoms with Crippen LogP contribution in [0.3, 0.4) is 0 Å². The van der Waals surface area contributed by atoms with Crippen molar-refractivity contribution in [3.8, 4) is 0 Å². The summed E-state index contributed by atoms with van der Waals surface area (Å²) in [6.45, 7) is 3.83. The second-order valence-electron chi connectivity index (χ2n) is 6.10. The summed E-state index contributed by atoms with van der Waals surface area (Å²) in [4.78, 5) is 15.6. The van der Waals surface area contributed by atoms with Gasteiger partial charge < -0.3 is 5.32 Å². The summed E-state index contributed by atoms with van der Waals surface area (Å²) in [6, 6.07) is 14.1. The van der Waals surface area contributed by atoms with E-state index in [0.29, 0.717) is 13.1 Å². The number of hydrogen-bond acceptors (Lipinski definition) is 4. The number of aromatic nitrogens is 2. The molecule has 5 nitrogen and oxygen atoms in total. The molecule has 0 fully saturated rings. The van der Waals surface area contributed by atoms with Crippen molar-refractivity contribution in [2.75, 3.05) is 18.9 Å². The number of thiophene rings is 1. The van der Waals surface area contributed by atoms with Crippen LogP contribution in [-0.2, 0) is 17.9 Å². The van der Waals surface area contributed by atoms with E-state index in [0.717, 1.165) is 12.4 Å². The lowest BCUT2D eigenvalue weighted by atomic mass is 10.1. The van der Waals surface area contributed by atoms with Crippen molar-refractivity contribution >= 4 is 23.1 Å². The number of hydrogen-bond donors (Lipinski definition) is 1. The maximum Gasteiger partial charge on any atom is 0.239 e. The van der Waals surface area contributed by atoms with Crippen molar-refractivity contribution < 1.29 is 4.79 Å². The van der Waals surface area contributed by atoms with Gasteiger partial charge in [0.25, 0.3) is 0 Å². The first-order chi connectivity index (χ1) is 12.1. The summed E-state index contributed by atoms with van der Waals surface area (Å²) in [5.74, 6) is 0.687.